The third-order valence-corrected chi connectivity index (χ3v) is 2.01. The first-order chi connectivity index (χ1) is 5.22. The van der Waals surface area contributed by atoms with Crippen molar-refractivity contribution < 1.29 is 4.74 Å². The number of nitrogens with zero attached hydrogens (tertiary/aromatic N) is 1. The summed E-state index contributed by atoms with van der Waals surface area (Å²) in [4.78, 5) is 2.34. The van der Waals surface area contributed by atoms with E-state index in [1.807, 2.05) is 0 Å². The van der Waals surface area contributed by atoms with E-state index in [1.54, 1.807) is 7.11 Å². The second kappa shape index (κ2) is 4.04. The fourth-order valence-electron chi connectivity index (χ4n) is 1.73. The van der Waals surface area contributed by atoms with E-state index >= 15 is 0 Å². The highest BCUT2D eigenvalue weighted by molar-refractivity contribution is 4.81. The Kier molecular flexibility index (Phi) is 3.30. The Morgan fingerprint density at radius 1 is 1.55 bits per heavy atom. The Balaban J connectivity index is 2.30. The Hall–Kier alpha value is -0.120. The summed E-state index contributed by atoms with van der Waals surface area (Å²) in [7, 11) is 3.90. The van der Waals surface area contributed by atoms with Gasteiger partial charge in [-0.05, 0) is 14.0 Å². The number of hydrogen-bond acceptors (Lipinski definition) is 3. The number of ether oxygens (including phenoxy) is 1. The lowest BCUT2D eigenvalue weighted by molar-refractivity contribution is 0.111. The van der Waals surface area contributed by atoms with Crippen molar-refractivity contribution >= 4 is 0 Å². The number of likely N-dealkylation sites (N-methyl/N-ethyl adjacent to an activating group) is 1. The zero-order valence-corrected chi connectivity index (χ0v) is 7.63. The number of rotatable bonds is 2. The molecule has 1 aliphatic rings. The first-order valence-electron chi connectivity index (χ1n) is 4.16. The van der Waals surface area contributed by atoms with Crippen molar-refractivity contribution in [1.82, 2.24) is 10.2 Å². The minimum absolute atomic E-state index is 0.508. The highest BCUT2D eigenvalue weighted by Gasteiger charge is 2.20. The van der Waals surface area contributed by atoms with Crippen LogP contribution in [0.2, 0.25) is 0 Å². The molecular formula is C8H18N2O. The molecule has 1 fully saturated rings. The van der Waals surface area contributed by atoms with Crippen molar-refractivity contribution in [3.05, 3.63) is 0 Å². The maximum atomic E-state index is 5.09. The van der Waals surface area contributed by atoms with Crippen LogP contribution in [0.15, 0.2) is 0 Å². The van der Waals surface area contributed by atoms with Gasteiger partial charge in [-0.2, -0.15) is 0 Å². The van der Waals surface area contributed by atoms with Crippen molar-refractivity contribution in [2.24, 2.45) is 0 Å². The molecule has 2 atom stereocenters. The average Bonchev–Trinajstić information content (AvgIpc) is 1.85. The van der Waals surface area contributed by atoms with Crippen LogP contribution in [0.3, 0.4) is 0 Å². The van der Waals surface area contributed by atoms with Gasteiger partial charge in [-0.1, -0.05) is 0 Å². The fourth-order valence-corrected chi connectivity index (χ4v) is 1.73. The van der Waals surface area contributed by atoms with E-state index in [1.165, 1.54) is 0 Å². The summed E-state index contributed by atoms with van der Waals surface area (Å²) in [6, 6.07) is 1.10. The standard InChI is InChI=1S/C8H18N2O/c1-7-4-10(2)5-8(9-7)6-11-3/h7-9H,4-6H2,1-3H3/t7-,8+/m0/s1. The van der Waals surface area contributed by atoms with E-state index in [9.17, 15) is 0 Å². The molecule has 3 nitrogen and oxygen atoms in total. The van der Waals surface area contributed by atoms with E-state index in [2.05, 4.69) is 24.2 Å². The smallest absolute Gasteiger partial charge is 0.0628 e. The monoisotopic (exact) mass is 158 g/mol. The molecule has 0 aromatic carbocycles. The lowest BCUT2D eigenvalue weighted by Crippen LogP contribution is -2.55. The van der Waals surface area contributed by atoms with E-state index in [-0.39, 0.29) is 0 Å². The molecular weight excluding hydrogens is 140 g/mol. The van der Waals surface area contributed by atoms with Crippen LogP contribution in [0.4, 0.5) is 0 Å². The van der Waals surface area contributed by atoms with Gasteiger partial charge in [-0.3, -0.25) is 0 Å². The Labute approximate surface area is 68.7 Å². The second-order valence-electron chi connectivity index (χ2n) is 3.44. The lowest BCUT2D eigenvalue weighted by Gasteiger charge is -2.34. The van der Waals surface area contributed by atoms with Crippen LogP contribution in [-0.4, -0.2) is 50.8 Å². The van der Waals surface area contributed by atoms with Gasteiger partial charge < -0.3 is 15.0 Å². The Bertz CT molecular complexity index is 109. The first-order valence-corrected chi connectivity index (χ1v) is 4.16. The zero-order chi connectivity index (χ0) is 8.27. The molecule has 0 unspecified atom stereocenters. The van der Waals surface area contributed by atoms with Gasteiger partial charge in [0.1, 0.15) is 0 Å². The van der Waals surface area contributed by atoms with Gasteiger partial charge in [0.2, 0.25) is 0 Å². The Morgan fingerprint density at radius 3 is 2.82 bits per heavy atom. The van der Waals surface area contributed by atoms with Crippen LogP contribution in [-0.2, 0) is 4.74 Å². The molecule has 1 N–H and O–H groups in total. The molecule has 0 bridgehead atoms. The minimum atomic E-state index is 0.508. The molecule has 0 spiro atoms. The third-order valence-electron chi connectivity index (χ3n) is 2.01. The molecule has 3 heteroatoms. The summed E-state index contributed by atoms with van der Waals surface area (Å²) in [6.07, 6.45) is 0. The van der Waals surface area contributed by atoms with Crippen LogP contribution in [0.25, 0.3) is 0 Å². The molecule has 11 heavy (non-hydrogen) atoms. The topological polar surface area (TPSA) is 24.5 Å². The maximum absolute atomic E-state index is 5.09. The highest BCUT2D eigenvalue weighted by atomic mass is 16.5. The molecule has 0 aliphatic carbocycles. The Morgan fingerprint density at radius 2 is 2.27 bits per heavy atom. The maximum Gasteiger partial charge on any atom is 0.0628 e. The minimum Gasteiger partial charge on any atom is -0.383 e. The third kappa shape index (κ3) is 2.77. The van der Waals surface area contributed by atoms with Crippen LogP contribution < -0.4 is 5.32 Å². The summed E-state index contributed by atoms with van der Waals surface area (Å²) < 4.78 is 5.09. The normalized spacial score (nSPS) is 34.1. The number of nitrogens with one attached hydrogen (secondary N) is 1. The van der Waals surface area contributed by atoms with Crippen molar-refractivity contribution in [3.63, 3.8) is 0 Å². The zero-order valence-electron chi connectivity index (χ0n) is 7.63. The van der Waals surface area contributed by atoms with Gasteiger partial charge in [-0.25, -0.2) is 0 Å². The van der Waals surface area contributed by atoms with Crippen LogP contribution in [0, 0.1) is 0 Å². The van der Waals surface area contributed by atoms with E-state index < -0.39 is 0 Å². The predicted molar refractivity (Wildman–Crippen MR) is 45.8 cm³/mol. The SMILES string of the molecule is COC[C@H]1CN(C)C[C@H](C)N1. The summed E-state index contributed by atoms with van der Waals surface area (Å²) >= 11 is 0. The summed E-state index contributed by atoms with van der Waals surface area (Å²) in [5, 5.41) is 3.48. The number of hydrogen-bond donors (Lipinski definition) is 1. The van der Waals surface area contributed by atoms with Crippen LogP contribution >= 0.6 is 0 Å². The van der Waals surface area contributed by atoms with Gasteiger partial charge >= 0.3 is 0 Å². The molecule has 1 aliphatic heterocycles. The van der Waals surface area contributed by atoms with Crippen molar-refractivity contribution in [2.75, 3.05) is 33.9 Å². The first kappa shape index (κ1) is 8.97. The van der Waals surface area contributed by atoms with Gasteiger partial charge in [-0.15, -0.1) is 0 Å². The summed E-state index contributed by atoms with van der Waals surface area (Å²) in [5.74, 6) is 0. The second-order valence-corrected chi connectivity index (χ2v) is 3.44. The summed E-state index contributed by atoms with van der Waals surface area (Å²) in [5.41, 5.74) is 0. The summed E-state index contributed by atoms with van der Waals surface area (Å²) in [6.45, 7) is 5.26. The highest BCUT2D eigenvalue weighted by Crippen LogP contribution is 2.01. The predicted octanol–water partition coefficient (Wildman–Crippen LogP) is -0.0751. The van der Waals surface area contributed by atoms with E-state index in [0.717, 1.165) is 19.7 Å². The van der Waals surface area contributed by atoms with Gasteiger partial charge in [0.05, 0.1) is 6.61 Å². The van der Waals surface area contributed by atoms with Gasteiger partial charge in [0, 0.05) is 32.3 Å². The van der Waals surface area contributed by atoms with Crippen LogP contribution in [0.5, 0.6) is 0 Å². The quantitative estimate of drug-likeness (QED) is 0.608. The molecule has 66 valence electrons. The van der Waals surface area contributed by atoms with Gasteiger partial charge in [0.25, 0.3) is 0 Å². The van der Waals surface area contributed by atoms with Gasteiger partial charge in [0.15, 0.2) is 0 Å². The van der Waals surface area contributed by atoms with E-state index in [0.29, 0.717) is 12.1 Å². The fraction of sp³-hybridized carbons (Fsp3) is 1.00. The molecule has 0 aromatic rings. The molecule has 0 saturated carbocycles. The molecule has 0 aromatic heterocycles. The van der Waals surface area contributed by atoms with Crippen molar-refractivity contribution in [1.29, 1.82) is 0 Å². The number of methoxy groups -OCH3 is 1. The molecule has 1 saturated heterocycles. The van der Waals surface area contributed by atoms with Crippen LogP contribution in [0.1, 0.15) is 6.92 Å². The molecule has 1 rings (SSSR count). The largest absolute Gasteiger partial charge is 0.383 e. The van der Waals surface area contributed by atoms with Crippen molar-refractivity contribution in [3.8, 4) is 0 Å². The molecule has 1 heterocycles. The lowest BCUT2D eigenvalue weighted by atomic mass is 10.1. The molecule has 0 amide bonds. The average molecular weight is 158 g/mol. The molecule has 0 radical (unpaired) electrons. The number of piperazine rings is 1. The van der Waals surface area contributed by atoms with E-state index in [4.69, 9.17) is 4.74 Å². The van der Waals surface area contributed by atoms with Crippen molar-refractivity contribution in [2.45, 2.75) is 19.0 Å².